The van der Waals surface area contributed by atoms with Gasteiger partial charge in [0.05, 0.1) is 0 Å². The number of hydrogen-bond donors (Lipinski definition) is 2. The van der Waals surface area contributed by atoms with Crippen molar-refractivity contribution in [1.29, 1.82) is 0 Å². The van der Waals surface area contributed by atoms with Gasteiger partial charge >= 0.3 is 0 Å². The van der Waals surface area contributed by atoms with E-state index >= 15 is 0 Å². The summed E-state index contributed by atoms with van der Waals surface area (Å²) in [4.78, 5) is 16.7. The Morgan fingerprint density at radius 1 is 1.50 bits per heavy atom. The minimum atomic E-state index is -0.583. The van der Waals surface area contributed by atoms with Crippen molar-refractivity contribution in [2.45, 2.75) is 25.3 Å². The molecular weight excluding hydrogens is 307 g/mol. The van der Waals surface area contributed by atoms with E-state index in [0.717, 1.165) is 25.9 Å². The Morgan fingerprint density at radius 2 is 2.33 bits per heavy atom. The van der Waals surface area contributed by atoms with Crippen molar-refractivity contribution >= 4 is 5.91 Å². The number of imidazole rings is 1. The molecule has 2 N–H and O–H groups in total. The molecule has 2 unspecified atom stereocenters. The van der Waals surface area contributed by atoms with Gasteiger partial charge in [-0.05, 0) is 37.9 Å². The third-order valence-corrected chi connectivity index (χ3v) is 4.58. The summed E-state index contributed by atoms with van der Waals surface area (Å²) >= 11 is 0. The first-order valence-electron chi connectivity index (χ1n) is 8.37. The van der Waals surface area contributed by atoms with E-state index in [4.69, 9.17) is 0 Å². The molecule has 0 saturated carbocycles. The third kappa shape index (κ3) is 3.82. The van der Waals surface area contributed by atoms with E-state index in [0.29, 0.717) is 23.7 Å². The molecule has 6 heteroatoms. The quantitative estimate of drug-likeness (QED) is 0.853. The van der Waals surface area contributed by atoms with Crippen molar-refractivity contribution in [1.82, 2.24) is 20.2 Å². The molecule has 1 aliphatic rings. The highest BCUT2D eigenvalue weighted by molar-refractivity contribution is 5.76. The zero-order valence-electron chi connectivity index (χ0n) is 13.8. The zero-order valence-corrected chi connectivity index (χ0v) is 13.8. The predicted octanol–water partition coefficient (Wildman–Crippen LogP) is 2.15. The van der Waals surface area contributed by atoms with Crippen LogP contribution in [0.1, 0.15) is 36.7 Å². The maximum absolute atomic E-state index is 14.2. The molecule has 24 heavy (non-hydrogen) atoms. The Kier molecular flexibility index (Phi) is 5.25. The molecule has 1 aromatic heterocycles. The third-order valence-electron chi connectivity index (χ3n) is 4.58. The molecule has 2 heterocycles. The molecule has 1 aromatic carbocycles. The van der Waals surface area contributed by atoms with Gasteiger partial charge in [-0.3, -0.25) is 4.79 Å². The molecule has 0 bridgehead atoms. The van der Waals surface area contributed by atoms with E-state index < -0.39 is 6.04 Å². The lowest BCUT2D eigenvalue weighted by atomic mass is 10.0. The fraction of sp³-hybridized carbons (Fsp3) is 0.444. The summed E-state index contributed by atoms with van der Waals surface area (Å²) in [6.45, 7) is 2.00. The van der Waals surface area contributed by atoms with Gasteiger partial charge in [0.15, 0.2) is 0 Å². The number of benzene rings is 1. The van der Waals surface area contributed by atoms with Gasteiger partial charge in [-0.1, -0.05) is 18.2 Å². The van der Waals surface area contributed by atoms with Gasteiger partial charge in [-0.2, -0.15) is 0 Å². The number of rotatable bonds is 6. The van der Waals surface area contributed by atoms with Crippen molar-refractivity contribution in [2.24, 2.45) is 13.0 Å². The predicted molar refractivity (Wildman–Crippen MR) is 89.8 cm³/mol. The summed E-state index contributed by atoms with van der Waals surface area (Å²) in [5, 5.41) is 6.26. The van der Waals surface area contributed by atoms with Crippen molar-refractivity contribution < 1.29 is 9.18 Å². The van der Waals surface area contributed by atoms with E-state index in [1.807, 2.05) is 7.05 Å². The minimum absolute atomic E-state index is 0.0712. The Morgan fingerprint density at radius 3 is 3.00 bits per heavy atom. The fourth-order valence-electron chi connectivity index (χ4n) is 3.18. The van der Waals surface area contributed by atoms with Crippen LogP contribution >= 0.6 is 0 Å². The van der Waals surface area contributed by atoms with Crippen molar-refractivity contribution in [3.8, 4) is 0 Å². The molecule has 1 saturated heterocycles. The van der Waals surface area contributed by atoms with Crippen LogP contribution in [0.15, 0.2) is 36.7 Å². The van der Waals surface area contributed by atoms with Gasteiger partial charge in [0.25, 0.3) is 0 Å². The zero-order chi connectivity index (χ0) is 16.9. The van der Waals surface area contributed by atoms with Crippen LogP contribution in [0.3, 0.4) is 0 Å². The van der Waals surface area contributed by atoms with Crippen LogP contribution in [-0.4, -0.2) is 28.5 Å². The number of nitrogens with zero attached hydrogens (tertiary/aromatic N) is 2. The molecule has 3 rings (SSSR count). The molecule has 128 valence electrons. The average molecular weight is 330 g/mol. The number of aryl methyl sites for hydroxylation is 1. The molecule has 5 nitrogen and oxygen atoms in total. The Bertz CT molecular complexity index is 694. The number of carbonyl (C=O) groups excluding carboxylic acids is 1. The summed E-state index contributed by atoms with van der Waals surface area (Å²) in [7, 11) is 1.84. The monoisotopic (exact) mass is 330 g/mol. The van der Waals surface area contributed by atoms with E-state index in [-0.39, 0.29) is 11.7 Å². The average Bonchev–Trinajstić information content (AvgIpc) is 3.23. The van der Waals surface area contributed by atoms with Crippen LogP contribution < -0.4 is 10.6 Å². The number of nitrogens with one attached hydrogen (secondary N) is 2. The van der Waals surface area contributed by atoms with Crippen molar-refractivity contribution in [2.75, 3.05) is 13.1 Å². The Balaban J connectivity index is 1.74. The van der Waals surface area contributed by atoms with Gasteiger partial charge in [-0.15, -0.1) is 0 Å². The summed E-state index contributed by atoms with van der Waals surface area (Å²) < 4.78 is 16.1. The van der Waals surface area contributed by atoms with Crippen molar-refractivity contribution in [3.63, 3.8) is 0 Å². The van der Waals surface area contributed by atoms with Crippen LogP contribution in [-0.2, 0) is 11.8 Å². The maximum Gasteiger partial charge on any atom is 0.220 e. The lowest BCUT2D eigenvalue weighted by Gasteiger charge is -2.20. The van der Waals surface area contributed by atoms with Crippen LogP contribution in [0.4, 0.5) is 4.39 Å². The van der Waals surface area contributed by atoms with Crippen LogP contribution in [0, 0.1) is 11.7 Å². The molecule has 0 spiro atoms. The SMILES string of the molecule is Cn1ccnc1C(NC(=O)CCC1CCNC1)c1ccccc1F. The van der Waals surface area contributed by atoms with E-state index in [9.17, 15) is 9.18 Å². The minimum Gasteiger partial charge on any atom is -0.342 e. The topological polar surface area (TPSA) is 59.0 Å². The number of carbonyl (C=O) groups is 1. The smallest absolute Gasteiger partial charge is 0.220 e. The molecule has 2 aromatic rings. The van der Waals surface area contributed by atoms with Crippen LogP contribution in [0.2, 0.25) is 0 Å². The van der Waals surface area contributed by atoms with Gasteiger partial charge in [0.1, 0.15) is 17.7 Å². The second-order valence-corrected chi connectivity index (χ2v) is 6.32. The lowest BCUT2D eigenvalue weighted by Crippen LogP contribution is -2.32. The summed E-state index contributed by atoms with van der Waals surface area (Å²) in [5.41, 5.74) is 0.433. The largest absolute Gasteiger partial charge is 0.342 e. The van der Waals surface area contributed by atoms with Gasteiger partial charge in [0, 0.05) is 31.4 Å². The molecule has 0 aliphatic carbocycles. The van der Waals surface area contributed by atoms with E-state index in [2.05, 4.69) is 15.6 Å². The summed E-state index contributed by atoms with van der Waals surface area (Å²) in [6.07, 6.45) is 5.85. The van der Waals surface area contributed by atoms with Gasteiger partial charge in [0.2, 0.25) is 5.91 Å². The second-order valence-electron chi connectivity index (χ2n) is 6.32. The van der Waals surface area contributed by atoms with E-state index in [1.54, 1.807) is 35.2 Å². The number of amides is 1. The number of aromatic nitrogens is 2. The van der Waals surface area contributed by atoms with Gasteiger partial charge in [-0.25, -0.2) is 9.37 Å². The Hall–Kier alpha value is -2.21. The first-order valence-corrected chi connectivity index (χ1v) is 8.37. The van der Waals surface area contributed by atoms with Gasteiger partial charge < -0.3 is 15.2 Å². The van der Waals surface area contributed by atoms with Crippen LogP contribution in [0.5, 0.6) is 0 Å². The Labute approximate surface area is 141 Å². The second kappa shape index (κ2) is 7.57. The standard InChI is InChI=1S/C18H23FN4O/c1-23-11-10-21-18(23)17(14-4-2-3-5-15(14)19)22-16(24)7-6-13-8-9-20-12-13/h2-5,10-11,13,17,20H,6-9,12H2,1H3,(H,22,24). The number of hydrogen-bond acceptors (Lipinski definition) is 3. The number of halogens is 1. The van der Waals surface area contributed by atoms with E-state index in [1.165, 1.54) is 6.07 Å². The summed E-state index contributed by atoms with van der Waals surface area (Å²) in [6, 6.07) is 5.92. The lowest BCUT2D eigenvalue weighted by molar-refractivity contribution is -0.121. The normalized spacial score (nSPS) is 18.5. The molecule has 1 amide bonds. The van der Waals surface area contributed by atoms with Crippen molar-refractivity contribution in [3.05, 3.63) is 53.9 Å². The highest BCUT2D eigenvalue weighted by Crippen LogP contribution is 2.23. The first kappa shape index (κ1) is 16.6. The molecule has 2 atom stereocenters. The highest BCUT2D eigenvalue weighted by atomic mass is 19.1. The fourth-order valence-corrected chi connectivity index (χ4v) is 3.18. The highest BCUT2D eigenvalue weighted by Gasteiger charge is 2.24. The molecule has 0 radical (unpaired) electrons. The maximum atomic E-state index is 14.2. The molecular formula is C18H23FN4O. The molecule has 1 fully saturated rings. The van der Waals surface area contributed by atoms with Crippen LogP contribution in [0.25, 0.3) is 0 Å². The first-order chi connectivity index (χ1) is 11.6. The molecule has 1 aliphatic heterocycles. The summed E-state index contributed by atoms with van der Waals surface area (Å²) in [5.74, 6) is 0.760.